The van der Waals surface area contributed by atoms with Gasteiger partial charge in [0.15, 0.2) is 0 Å². The van der Waals surface area contributed by atoms with Gasteiger partial charge in [0, 0.05) is 7.11 Å². The normalized spacial score (nSPS) is 37.4. The molecule has 1 aliphatic carbocycles. The highest BCUT2D eigenvalue weighted by atomic mass is 16.5. The summed E-state index contributed by atoms with van der Waals surface area (Å²) in [5.41, 5.74) is 0. The molecule has 0 aromatic heterocycles. The van der Waals surface area contributed by atoms with E-state index in [1.807, 2.05) is 0 Å². The molecule has 0 aromatic rings. The largest absolute Gasteiger partial charge is 0.481 e. The van der Waals surface area contributed by atoms with E-state index in [4.69, 9.17) is 14.6 Å². The maximum atomic E-state index is 10.9. The topological polar surface area (TPSA) is 55.8 Å². The van der Waals surface area contributed by atoms with Crippen LogP contribution in [0.1, 0.15) is 19.3 Å². The van der Waals surface area contributed by atoms with E-state index in [1.54, 1.807) is 7.11 Å². The molecular formula is C10H16O4. The Bertz CT molecular complexity index is 224. The van der Waals surface area contributed by atoms with E-state index in [9.17, 15) is 4.79 Å². The molecule has 80 valence electrons. The minimum Gasteiger partial charge on any atom is -0.481 e. The van der Waals surface area contributed by atoms with Crippen LogP contribution in [0.15, 0.2) is 0 Å². The molecule has 14 heavy (non-hydrogen) atoms. The van der Waals surface area contributed by atoms with E-state index >= 15 is 0 Å². The van der Waals surface area contributed by atoms with Crippen LogP contribution in [0, 0.1) is 11.8 Å². The van der Waals surface area contributed by atoms with Gasteiger partial charge in [-0.3, -0.25) is 4.79 Å². The lowest BCUT2D eigenvalue weighted by Crippen LogP contribution is -2.27. The van der Waals surface area contributed by atoms with Crippen LogP contribution < -0.4 is 0 Å². The highest BCUT2D eigenvalue weighted by Gasteiger charge is 2.45. The Morgan fingerprint density at radius 2 is 2.29 bits per heavy atom. The number of hydrogen-bond donors (Lipinski definition) is 1. The van der Waals surface area contributed by atoms with E-state index in [-0.39, 0.29) is 18.1 Å². The van der Waals surface area contributed by atoms with E-state index < -0.39 is 5.97 Å². The van der Waals surface area contributed by atoms with Crippen LogP contribution in [0.2, 0.25) is 0 Å². The highest BCUT2D eigenvalue weighted by Crippen LogP contribution is 2.42. The van der Waals surface area contributed by atoms with Crippen LogP contribution in [-0.4, -0.2) is 37.0 Å². The lowest BCUT2D eigenvalue weighted by atomic mass is 9.98. The van der Waals surface area contributed by atoms with Gasteiger partial charge in [-0.05, 0) is 25.2 Å². The molecule has 1 aliphatic heterocycles. The number of carbonyl (C=O) groups is 1. The smallest absolute Gasteiger partial charge is 0.309 e. The molecule has 3 unspecified atom stereocenters. The lowest BCUT2D eigenvalue weighted by Gasteiger charge is -2.14. The molecule has 4 nitrogen and oxygen atoms in total. The summed E-state index contributed by atoms with van der Waals surface area (Å²) in [6.07, 6.45) is 2.96. The summed E-state index contributed by atoms with van der Waals surface area (Å²) < 4.78 is 10.7. The summed E-state index contributed by atoms with van der Waals surface area (Å²) in [6, 6.07) is 0. The van der Waals surface area contributed by atoms with Crippen molar-refractivity contribution in [1.29, 1.82) is 0 Å². The number of ether oxygens (including phenoxy) is 2. The maximum Gasteiger partial charge on any atom is 0.309 e. The molecule has 0 amide bonds. The van der Waals surface area contributed by atoms with Crippen molar-refractivity contribution >= 4 is 5.97 Å². The fraction of sp³-hybridized carbons (Fsp3) is 0.900. The molecule has 1 saturated heterocycles. The van der Waals surface area contributed by atoms with Gasteiger partial charge in [0.25, 0.3) is 0 Å². The zero-order chi connectivity index (χ0) is 10.1. The monoisotopic (exact) mass is 200 g/mol. The number of rotatable bonds is 4. The van der Waals surface area contributed by atoms with Gasteiger partial charge in [0.05, 0.1) is 24.7 Å². The Labute approximate surface area is 83.2 Å². The molecule has 2 fully saturated rings. The quantitative estimate of drug-likeness (QED) is 0.732. The Hall–Kier alpha value is -0.610. The van der Waals surface area contributed by atoms with Gasteiger partial charge < -0.3 is 14.6 Å². The zero-order valence-electron chi connectivity index (χ0n) is 8.31. The second kappa shape index (κ2) is 3.87. The summed E-state index contributed by atoms with van der Waals surface area (Å²) in [6.45, 7) is 0.389. The molecule has 2 rings (SSSR count). The molecule has 1 N–H and O–H groups in total. The predicted octanol–water partition coefficient (Wildman–Crippen LogP) is 0.901. The number of hydrogen-bond acceptors (Lipinski definition) is 3. The summed E-state index contributed by atoms with van der Waals surface area (Å²) in [7, 11) is 1.58. The van der Waals surface area contributed by atoms with Crippen molar-refractivity contribution in [3.8, 4) is 0 Å². The average Bonchev–Trinajstić information content (AvgIpc) is 2.89. The molecular weight excluding hydrogens is 184 g/mol. The van der Waals surface area contributed by atoms with Crippen LogP contribution in [0.25, 0.3) is 0 Å². The molecule has 1 saturated carbocycles. The minimum absolute atomic E-state index is 0.163. The van der Waals surface area contributed by atoms with Crippen molar-refractivity contribution in [3.05, 3.63) is 0 Å². The third-order valence-electron chi connectivity index (χ3n) is 3.08. The van der Waals surface area contributed by atoms with Gasteiger partial charge in [0.1, 0.15) is 0 Å². The third kappa shape index (κ3) is 1.91. The Balaban J connectivity index is 1.95. The third-order valence-corrected chi connectivity index (χ3v) is 3.08. The fourth-order valence-corrected chi connectivity index (χ4v) is 2.13. The second-order valence-corrected chi connectivity index (χ2v) is 4.19. The van der Waals surface area contributed by atoms with Gasteiger partial charge in [-0.25, -0.2) is 0 Å². The van der Waals surface area contributed by atoms with Crippen molar-refractivity contribution in [3.63, 3.8) is 0 Å². The van der Waals surface area contributed by atoms with E-state index in [2.05, 4.69) is 0 Å². The van der Waals surface area contributed by atoms with Gasteiger partial charge in [0.2, 0.25) is 0 Å². The first kappa shape index (κ1) is 9.93. The molecule has 0 spiro atoms. The molecule has 2 aliphatic rings. The Morgan fingerprint density at radius 1 is 1.57 bits per heavy atom. The number of aliphatic carboxylic acids is 1. The van der Waals surface area contributed by atoms with Gasteiger partial charge in [-0.2, -0.15) is 0 Å². The lowest BCUT2D eigenvalue weighted by molar-refractivity contribution is -0.144. The second-order valence-electron chi connectivity index (χ2n) is 4.19. The van der Waals surface area contributed by atoms with Gasteiger partial charge in [-0.15, -0.1) is 0 Å². The van der Waals surface area contributed by atoms with Crippen molar-refractivity contribution in [1.82, 2.24) is 0 Å². The van der Waals surface area contributed by atoms with Crippen LogP contribution in [0.4, 0.5) is 0 Å². The summed E-state index contributed by atoms with van der Waals surface area (Å²) >= 11 is 0. The molecule has 3 atom stereocenters. The van der Waals surface area contributed by atoms with Crippen LogP contribution in [-0.2, 0) is 14.3 Å². The maximum absolute atomic E-state index is 10.9. The number of methoxy groups -OCH3 is 1. The van der Waals surface area contributed by atoms with Crippen LogP contribution in [0.3, 0.4) is 0 Å². The number of carboxylic acid groups (broad SMARTS) is 1. The summed E-state index contributed by atoms with van der Waals surface area (Å²) in [4.78, 5) is 10.9. The SMILES string of the molecule is COCC1OC(C2CC2)CC1C(=O)O. The van der Waals surface area contributed by atoms with E-state index in [1.165, 1.54) is 12.8 Å². The first-order valence-corrected chi connectivity index (χ1v) is 5.09. The molecule has 0 bridgehead atoms. The first-order chi connectivity index (χ1) is 6.72. The zero-order valence-corrected chi connectivity index (χ0v) is 8.31. The number of carboxylic acids is 1. The highest BCUT2D eigenvalue weighted by molar-refractivity contribution is 5.71. The molecule has 0 radical (unpaired) electrons. The van der Waals surface area contributed by atoms with Gasteiger partial charge in [-0.1, -0.05) is 0 Å². The van der Waals surface area contributed by atoms with Crippen molar-refractivity contribution in [2.45, 2.75) is 31.5 Å². The van der Waals surface area contributed by atoms with E-state index in [0.717, 1.165) is 0 Å². The van der Waals surface area contributed by atoms with E-state index in [0.29, 0.717) is 18.9 Å². The summed E-state index contributed by atoms with van der Waals surface area (Å²) in [5.74, 6) is -0.519. The fourth-order valence-electron chi connectivity index (χ4n) is 2.13. The van der Waals surface area contributed by atoms with Crippen molar-refractivity contribution in [2.75, 3.05) is 13.7 Å². The average molecular weight is 200 g/mol. The van der Waals surface area contributed by atoms with Crippen molar-refractivity contribution in [2.24, 2.45) is 11.8 Å². The van der Waals surface area contributed by atoms with Crippen LogP contribution >= 0.6 is 0 Å². The Kier molecular flexibility index (Phi) is 2.74. The molecule has 4 heteroatoms. The molecule has 1 heterocycles. The van der Waals surface area contributed by atoms with Gasteiger partial charge >= 0.3 is 5.97 Å². The van der Waals surface area contributed by atoms with Crippen molar-refractivity contribution < 1.29 is 19.4 Å². The van der Waals surface area contributed by atoms with Crippen LogP contribution in [0.5, 0.6) is 0 Å². The Morgan fingerprint density at radius 3 is 2.79 bits per heavy atom. The predicted molar refractivity (Wildman–Crippen MR) is 49.0 cm³/mol. The molecule has 0 aromatic carbocycles. The minimum atomic E-state index is -0.754. The standard InChI is InChI=1S/C10H16O4/c1-13-5-9-7(10(11)12)4-8(14-9)6-2-3-6/h6-9H,2-5H2,1H3,(H,11,12). The summed E-state index contributed by atoms with van der Waals surface area (Å²) in [5, 5.41) is 8.99. The first-order valence-electron chi connectivity index (χ1n) is 5.09.